The fourth-order valence-electron chi connectivity index (χ4n) is 5.59. The van der Waals surface area contributed by atoms with Crippen molar-refractivity contribution in [1.82, 2.24) is 10.2 Å². The Morgan fingerprint density at radius 1 is 1.13 bits per heavy atom. The van der Waals surface area contributed by atoms with Crippen molar-refractivity contribution in [1.29, 1.82) is 0 Å². The molecule has 2 saturated heterocycles. The average Bonchev–Trinajstić information content (AvgIpc) is 3.21. The standard InChI is InChI=1S/C22H28N2O6/c1-11-8-13(9-12(2)18(11)26)17-15-16(22(10-25,23-17)21(29)30)20(28)24(19(15)27)14-6-4-3-5-7-14/h8-9,14-17,23,25-26H,3-7,10H2,1-2H3,(H,29,30). The number of fused-ring (bicyclic) bond motifs is 1. The van der Waals surface area contributed by atoms with Crippen molar-refractivity contribution in [2.45, 2.75) is 63.6 Å². The molecule has 4 rings (SSSR count). The van der Waals surface area contributed by atoms with Gasteiger partial charge < -0.3 is 15.3 Å². The van der Waals surface area contributed by atoms with Crippen LogP contribution in [0.3, 0.4) is 0 Å². The minimum atomic E-state index is -1.93. The van der Waals surface area contributed by atoms with Crippen LogP contribution >= 0.6 is 0 Å². The Morgan fingerprint density at radius 2 is 1.73 bits per heavy atom. The van der Waals surface area contributed by atoms with Gasteiger partial charge in [0, 0.05) is 12.1 Å². The average molecular weight is 416 g/mol. The number of nitrogens with zero attached hydrogens (tertiary/aromatic N) is 1. The lowest BCUT2D eigenvalue weighted by Crippen LogP contribution is -2.59. The number of likely N-dealkylation sites (tertiary alicyclic amines) is 1. The van der Waals surface area contributed by atoms with Crippen molar-refractivity contribution < 1.29 is 29.7 Å². The monoisotopic (exact) mass is 416 g/mol. The normalized spacial score (nSPS) is 32.0. The maximum Gasteiger partial charge on any atom is 0.327 e. The van der Waals surface area contributed by atoms with E-state index in [9.17, 15) is 29.7 Å². The van der Waals surface area contributed by atoms with Crippen molar-refractivity contribution in [3.05, 3.63) is 28.8 Å². The largest absolute Gasteiger partial charge is 0.507 e. The minimum Gasteiger partial charge on any atom is -0.507 e. The number of aliphatic hydroxyl groups is 1. The van der Waals surface area contributed by atoms with Gasteiger partial charge in [0.2, 0.25) is 11.8 Å². The second kappa shape index (κ2) is 7.35. The van der Waals surface area contributed by atoms with E-state index in [2.05, 4.69) is 5.32 Å². The van der Waals surface area contributed by atoms with Crippen LogP contribution in [0.2, 0.25) is 0 Å². The number of aryl methyl sites for hydroxylation is 2. The van der Waals surface area contributed by atoms with Gasteiger partial charge in [0.1, 0.15) is 5.75 Å². The third-order valence-corrected chi connectivity index (χ3v) is 7.13. The number of amides is 2. The van der Waals surface area contributed by atoms with Crippen LogP contribution in [0.4, 0.5) is 0 Å². The fourth-order valence-corrected chi connectivity index (χ4v) is 5.59. The lowest BCUT2D eigenvalue weighted by Gasteiger charge is -2.33. The first-order chi connectivity index (χ1) is 14.2. The number of carboxylic acid groups (broad SMARTS) is 1. The molecule has 162 valence electrons. The van der Waals surface area contributed by atoms with Gasteiger partial charge in [-0.25, -0.2) is 0 Å². The summed E-state index contributed by atoms with van der Waals surface area (Å²) in [6.07, 6.45) is 4.38. The van der Waals surface area contributed by atoms with Gasteiger partial charge in [0.15, 0.2) is 5.54 Å². The number of carbonyl (C=O) groups excluding carboxylic acids is 2. The van der Waals surface area contributed by atoms with E-state index >= 15 is 0 Å². The number of phenolic OH excluding ortho intramolecular Hbond substituents is 1. The second-order valence-corrected chi connectivity index (χ2v) is 8.90. The fraction of sp³-hybridized carbons (Fsp3) is 0.591. The van der Waals surface area contributed by atoms with Crippen LogP contribution in [-0.4, -0.2) is 56.2 Å². The molecule has 1 aliphatic carbocycles. The molecule has 3 aliphatic rings. The summed E-state index contributed by atoms with van der Waals surface area (Å²) in [5.41, 5.74) is -0.103. The van der Waals surface area contributed by atoms with Crippen molar-refractivity contribution >= 4 is 17.8 Å². The Morgan fingerprint density at radius 3 is 2.27 bits per heavy atom. The molecule has 1 aromatic carbocycles. The number of nitrogens with one attached hydrogen (secondary N) is 1. The first kappa shape index (κ1) is 20.8. The number of benzene rings is 1. The Kier molecular flexibility index (Phi) is 5.10. The molecule has 1 saturated carbocycles. The molecule has 1 aromatic rings. The molecule has 4 unspecified atom stereocenters. The smallest absolute Gasteiger partial charge is 0.327 e. The van der Waals surface area contributed by atoms with E-state index in [0.29, 0.717) is 16.7 Å². The lowest BCUT2D eigenvalue weighted by molar-refractivity contribution is -0.154. The zero-order valence-corrected chi connectivity index (χ0v) is 17.2. The SMILES string of the molecule is Cc1cc(C2NC(CO)(C(=O)O)C3C(=O)N(C4CCCCC4)C(=O)C23)cc(C)c1O. The number of hydrogen-bond acceptors (Lipinski definition) is 6. The Labute approximate surface area is 174 Å². The zero-order valence-electron chi connectivity index (χ0n) is 17.2. The van der Waals surface area contributed by atoms with Crippen LogP contribution in [0, 0.1) is 25.7 Å². The van der Waals surface area contributed by atoms with Crippen LogP contribution in [-0.2, 0) is 14.4 Å². The maximum atomic E-state index is 13.5. The zero-order chi connectivity index (χ0) is 21.8. The number of phenols is 1. The van der Waals surface area contributed by atoms with Crippen LogP contribution in [0.5, 0.6) is 5.75 Å². The Balaban J connectivity index is 1.81. The molecule has 0 bridgehead atoms. The number of carboxylic acids is 1. The first-order valence-corrected chi connectivity index (χ1v) is 10.5. The van der Waals surface area contributed by atoms with E-state index in [1.165, 1.54) is 4.90 Å². The summed E-state index contributed by atoms with van der Waals surface area (Å²) in [6, 6.07) is 2.45. The number of rotatable bonds is 4. The van der Waals surface area contributed by atoms with Gasteiger partial charge in [-0.3, -0.25) is 24.6 Å². The number of carbonyl (C=O) groups is 3. The van der Waals surface area contributed by atoms with Crippen LogP contribution in [0.15, 0.2) is 12.1 Å². The highest BCUT2D eigenvalue weighted by molar-refractivity contribution is 6.09. The summed E-state index contributed by atoms with van der Waals surface area (Å²) in [7, 11) is 0. The quantitative estimate of drug-likeness (QED) is 0.547. The second-order valence-electron chi connectivity index (χ2n) is 8.90. The molecule has 4 N–H and O–H groups in total. The van der Waals surface area contributed by atoms with Gasteiger partial charge in [-0.1, -0.05) is 31.4 Å². The highest BCUT2D eigenvalue weighted by Gasteiger charge is 2.69. The molecule has 2 aliphatic heterocycles. The Hall–Kier alpha value is -2.45. The molecule has 0 aromatic heterocycles. The van der Waals surface area contributed by atoms with Crippen LogP contribution < -0.4 is 5.32 Å². The third kappa shape index (κ3) is 2.85. The summed E-state index contributed by atoms with van der Waals surface area (Å²) in [5.74, 6) is -4.16. The maximum absolute atomic E-state index is 13.5. The predicted octanol–water partition coefficient (Wildman–Crippen LogP) is 1.40. The molecule has 8 nitrogen and oxygen atoms in total. The van der Waals surface area contributed by atoms with Crippen LogP contribution in [0.1, 0.15) is 54.8 Å². The van der Waals surface area contributed by atoms with E-state index in [0.717, 1.165) is 32.1 Å². The van der Waals surface area contributed by atoms with Crippen molar-refractivity contribution in [2.24, 2.45) is 11.8 Å². The van der Waals surface area contributed by atoms with Crippen molar-refractivity contribution in [3.63, 3.8) is 0 Å². The van der Waals surface area contributed by atoms with Gasteiger partial charge in [-0.2, -0.15) is 0 Å². The number of aliphatic carboxylic acids is 1. The van der Waals surface area contributed by atoms with E-state index in [1.54, 1.807) is 26.0 Å². The van der Waals surface area contributed by atoms with E-state index < -0.39 is 41.9 Å². The summed E-state index contributed by atoms with van der Waals surface area (Å²) in [4.78, 5) is 40.4. The van der Waals surface area contributed by atoms with Gasteiger partial charge in [0.05, 0.1) is 18.4 Å². The number of aromatic hydroxyl groups is 1. The van der Waals surface area contributed by atoms with Crippen molar-refractivity contribution in [3.8, 4) is 5.75 Å². The summed E-state index contributed by atoms with van der Waals surface area (Å²) in [5, 5.41) is 33.1. The molecular weight excluding hydrogens is 388 g/mol. The lowest BCUT2D eigenvalue weighted by atomic mass is 9.79. The van der Waals surface area contributed by atoms with Gasteiger partial charge in [-0.05, 0) is 43.4 Å². The van der Waals surface area contributed by atoms with Gasteiger partial charge >= 0.3 is 5.97 Å². The van der Waals surface area contributed by atoms with E-state index in [4.69, 9.17) is 0 Å². The molecule has 2 heterocycles. The molecule has 4 atom stereocenters. The van der Waals surface area contributed by atoms with Gasteiger partial charge in [0.25, 0.3) is 0 Å². The van der Waals surface area contributed by atoms with Crippen molar-refractivity contribution in [2.75, 3.05) is 6.61 Å². The summed E-state index contributed by atoms with van der Waals surface area (Å²) < 4.78 is 0. The van der Waals surface area contributed by atoms with Crippen LogP contribution in [0.25, 0.3) is 0 Å². The molecule has 8 heteroatoms. The Bertz CT molecular complexity index is 886. The number of hydrogen-bond donors (Lipinski definition) is 4. The number of aliphatic hydroxyl groups excluding tert-OH is 1. The predicted molar refractivity (Wildman–Crippen MR) is 107 cm³/mol. The molecular formula is C22H28N2O6. The third-order valence-electron chi connectivity index (χ3n) is 7.13. The molecule has 0 spiro atoms. The molecule has 2 amide bonds. The van der Waals surface area contributed by atoms with E-state index in [-0.39, 0.29) is 17.7 Å². The minimum absolute atomic E-state index is 0.137. The number of imide groups is 1. The molecule has 30 heavy (non-hydrogen) atoms. The summed E-state index contributed by atoms with van der Waals surface area (Å²) >= 11 is 0. The topological polar surface area (TPSA) is 127 Å². The molecule has 3 fully saturated rings. The van der Waals surface area contributed by atoms with Gasteiger partial charge in [-0.15, -0.1) is 0 Å². The van der Waals surface area contributed by atoms with E-state index in [1.807, 2.05) is 0 Å². The summed E-state index contributed by atoms with van der Waals surface area (Å²) in [6.45, 7) is 2.66. The first-order valence-electron chi connectivity index (χ1n) is 10.5. The molecule has 0 radical (unpaired) electrons. The highest BCUT2D eigenvalue weighted by atomic mass is 16.4. The highest BCUT2D eigenvalue weighted by Crippen LogP contribution is 2.50.